The van der Waals surface area contributed by atoms with Gasteiger partial charge >= 0.3 is 12.0 Å². The molecule has 200 valence electrons. The van der Waals surface area contributed by atoms with Crippen molar-refractivity contribution in [3.63, 3.8) is 0 Å². The van der Waals surface area contributed by atoms with E-state index >= 15 is 0 Å². The predicted molar refractivity (Wildman–Crippen MR) is 153 cm³/mol. The molecule has 39 heavy (non-hydrogen) atoms. The molecule has 3 aromatic carbocycles. The predicted octanol–water partition coefficient (Wildman–Crippen LogP) is 6.10. The maximum atomic E-state index is 13.3. The molecule has 0 unspecified atom stereocenters. The molecule has 0 aliphatic carbocycles. The number of rotatable bonds is 9. The van der Waals surface area contributed by atoms with Gasteiger partial charge in [0.1, 0.15) is 5.75 Å². The fourth-order valence-corrected chi connectivity index (χ4v) is 4.36. The van der Waals surface area contributed by atoms with Crippen LogP contribution in [0.3, 0.4) is 0 Å². The average molecular weight is 526 g/mol. The van der Waals surface area contributed by atoms with Crippen molar-refractivity contribution in [2.24, 2.45) is 0 Å². The number of carboxylic acid groups (broad SMARTS) is 1. The number of nitrogens with zero attached hydrogens (tertiary/aromatic N) is 1. The van der Waals surface area contributed by atoms with Gasteiger partial charge in [-0.05, 0) is 65.4 Å². The number of carboxylic acids is 1. The van der Waals surface area contributed by atoms with Gasteiger partial charge in [-0.1, -0.05) is 55.5 Å². The number of anilines is 2. The summed E-state index contributed by atoms with van der Waals surface area (Å²) in [7, 11) is 1.51. The molecule has 0 saturated heterocycles. The highest BCUT2D eigenvalue weighted by atomic mass is 16.5. The van der Waals surface area contributed by atoms with Gasteiger partial charge in [0.2, 0.25) is 0 Å². The zero-order valence-corrected chi connectivity index (χ0v) is 22.1. The van der Waals surface area contributed by atoms with Crippen LogP contribution >= 0.6 is 0 Å². The summed E-state index contributed by atoms with van der Waals surface area (Å²) in [5.74, 6) is -0.502. The molecule has 0 aliphatic rings. The molecule has 8 heteroatoms. The minimum atomic E-state index is -0.832. The van der Waals surface area contributed by atoms with E-state index in [0.717, 1.165) is 16.7 Å². The Labute approximate surface area is 226 Å². The van der Waals surface area contributed by atoms with E-state index in [1.807, 2.05) is 68.4 Å². The lowest BCUT2D eigenvalue weighted by Gasteiger charge is -2.14. The van der Waals surface area contributed by atoms with E-state index in [0.29, 0.717) is 34.8 Å². The minimum Gasteiger partial charge on any atom is -0.495 e. The Bertz CT molecular complexity index is 1540. The maximum absolute atomic E-state index is 13.3. The fourth-order valence-electron chi connectivity index (χ4n) is 4.36. The van der Waals surface area contributed by atoms with Crippen LogP contribution in [0.4, 0.5) is 16.2 Å². The summed E-state index contributed by atoms with van der Waals surface area (Å²) in [5.41, 5.74) is 4.99. The second-order valence-corrected chi connectivity index (χ2v) is 9.40. The summed E-state index contributed by atoms with van der Waals surface area (Å²) in [6.45, 7) is 4.16. The molecular formula is C31H31N3O5. The summed E-state index contributed by atoms with van der Waals surface area (Å²) in [6.07, 6.45) is 1.80. The molecule has 0 saturated carbocycles. The summed E-state index contributed by atoms with van der Waals surface area (Å²) >= 11 is 0. The Morgan fingerprint density at radius 3 is 2.36 bits per heavy atom. The van der Waals surface area contributed by atoms with Gasteiger partial charge in [-0.2, -0.15) is 0 Å². The molecule has 8 nitrogen and oxygen atoms in total. The Kier molecular flexibility index (Phi) is 8.46. The first kappa shape index (κ1) is 27.2. The first-order valence-electron chi connectivity index (χ1n) is 12.6. The van der Waals surface area contributed by atoms with Crippen LogP contribution in [0.2, 0.25) is 0 Å². The topological polar surface area (TPSA) is 110 Å². The first-order valence-corrected chi connectivity index (χ1v) is 12.6. The van der Waals surface area contributed by atoms with Gasteiger partial charge in [0.25, 0.3) is 5.56 Å². The average Bonchev–Trinajstić information content (AvgIpc) is 2.91. The highest BCUT2D eigenvalue weighted by molar-refractivity contribution is 6.01. The van der Waals surface area contributed by atoms with Gasteiger partial charge in [0, 0.05) is 17.4 Å². The molecule has 4 aromatic rings. The van der Waals surface area contributed by atoms with Gasteiger partial charge < -0.3 is 25.0 Å². The Morgan fingerprint density at radius 1 is 0.949 bits per heavy atom. The Hall–Kier alpha value is -4.85. The van der Waals surface area contributed by atoms with Crippen molar-refractivity contribution in [2.75, 3.05) is 17.7 Å². The number of nitrogens with one attached hydrogen (secondary N) is 2. The molecule has 3 N–H and O–H groups in total. The number of methoxy groups -OCH3 is 1. The number of aliphatic carboxylic acids is 1. The Morgan fingerprint density at radius 2 is 1.67 bits per heavy atom. The van der Waals surface area contributed by atoms with E-state index < -0.39 is 12.0 Å². The van der Waals surface area contributed by atoms with Crippen LogP contribution in [0.25, 0.3) is 11.1 Å². The van der Waals surface area contributed by atoms with Crippen LogP contribution in [0, 0.1) is 6.92 Å². The van der Waals surface area contributed by atoms with Crippen LogP contribution in [-0.4, -0.2) is 28.8 Å². The molecule has 4 rings (SSSR count). The van der Waals surface area contributed by atoms with Gasteiger partial charge in [-0.25, -0.2) is 4.79 Å². The van der Waals surface area contributed by atoms with Crippen LogP contribution < -0.4 is 20.9 Å². The second kappa shape index (κ2) is 12.1. The number of hydrogen-bond acceptors (Lipinski definition) is 4. The normalized spacial score (nSPS) is 11.5. The van der Waals surface area contributed by atoms with Crippen LogP contribution in [-0.2, 0) is 11.3 Å². The van der Waals surface area contributed by atoms with E-state index in [-0.39, 0.29) is 17.9 Å². The molecule has 0 radical (unpaired) electrons. The van der Waals surface area contributed by atoms with E-state index in [9.17, 15) is 14.4 Å². The van der Waals surface area contributed by atoms with Crippen LogP contribution in [0.1, 0.15) is 36.0 Å². The molecule has 0 aliphatic heterocycles. The Balaban J connectivity index is 1.51. The van der Waals surface area contributed by atoms with E-state index in [4.69, 9.17) is 9.84 Å². The SMILES string of the molecule is COc1cc(-c2cccn(Cc3ccc([C@@H](C)CC(=O)O)cc3)c2=O)ccc1NC(=O)Nc1ccccc1C. The summed E-state index contributed by atoms with van der Waals surface area (Å²) in [5, 5.41) is 14.7. The van der Waals surface area contributed by atoms with Crippen molar-refractivity contribution in [1.82, 2.24) is 4.57 Å². The van der Waals surface area contributed by atoms with E-state index in [2.05, 4.69) is 10.6 Å². The largest absolute Gasteiger partial charge is 0.495 e. The fraction of sp³-hybridized carbons (Fsp3) is 0.194. The number of aryl methyl sites for hydroxylation is 1. The number of pyridine rings is 1. The lowest BCUT2D eigenvalue weighted by Crippen LogP contribution is -2.22. The zero-order chi connectivity index (χ0) is 27.9. The number of para-hydroxylation sites is 1. The number of amides is 2. The van der Waals surface area contributed by atoms with Crippen molar-refractivity contribution in [3.8, 4) is 16.9 Å². The highest BCUT2D eigenvalue weighted by Crippen LogP contribution is 2.30. The monoisotopic (exact) mass is 525 g/mol. The van der Waals surface area contributed by atoms with Gasteiger partial charge in [-0.15, -0.1) is 0 Å². The van der Waals surface area contributed by atoms with Crippen molar-refractivity contribution in [1.29, 1.82) is 0 Å². The molecule has 0 fully saturated rings. The lowest BCUT2D eigenvalue weighted by molar-refractivity contribution is -0.137. The number of urea groups is 1. The molecule has 1 aromatic heterocycles. The molecule has 1 atom stereocenters. The number of aromatic nitrogens is 1. The summed E-state index contributed by atoms with van der Waals surface area (Å²) < 4.78 is 7.14. The second-order valence-electron chi connectivity index (χ2n) is 9.40. The number of benzene rings is 3. The number of carbonyl (C=O) groups excluding carboxylic acids is 1. The highest BCUT2D eigenvalue weighted by Gasteiger charge is 2.14. The van der Waals surface area contributed by atoms with Gasteiger partial charge in [0.15, 0.2) is 0 Å². The molecule has 2 amide bonds. The van der Waals surface area contributed by atoms with Gasteiger partial charge in [-0.3, -0.25) is 9.59 Å². The van der Waals surface area contributed by atoms with Crippen molar-refractivity contribution < 1.29 is 19.4 Å². The molecule has 1 heterocycles. The van der Waals surface area contributed by atoms with Crippen molar-refractivity contribution in [2.45, 2.75) is 32.7 Å². The van der Waals surface area contributed by atoms with Crippen LogP contribution in [0.15, 0.2) is 89.9 Å². The minimum absolute atomic E-state index is 0.0655. The number of hydrogen-bond donors (Lipinski definition) is 3. The number of carbonyl (C=O) groups is 2. The smallest absolute Gasteiger partial charge is 0.323 e. The summed E-state index contributed by atoms with van der Waals surface area (Å²) in [6, 6.07) is 23.5. The van der Waals surface area contributed by atoms with E-state index in [1.165, 1.54) is 7.11 Å². The van der Waals surface area contributed by atoms with Crippen molar-refractivity contribution >= 4 is 23.4 Å². The zero-order valence-electron chi connectivity index (χ0n) is 22.1. The van der Waals surface area contributed by atoms with Gasteiger partial charge in [0.05, 0.1) is 25.8 Å². The molecule has 0 bridgehead atoms. The standard InChI is InChI=1S/C31H31N3O5/c1-20-7-4-5-9-26(20)32-31(38)33-27-15-14-24(18-28(27)39-3)25-8-6-16-34(30(25)37)19-22-10-12-23(13-11-22)21(2)17-29(35)36/h4-16,18,21H,17,19H2,1-3H3,(H,35,36)(H2,32,33,38)/t21-/m0/s1. The third-order valence-electron chi connectivity index (χ3n) is 6.56. The maximum Gasteiger partial charge on any atom is 0.323 e. The molecule has 0 spiro atoms. The van der Waals surface area contributed by atoms with Crippen LogP contribution in [0.5, 0.6) is 5.75 Å². The third-order valence-corrected chi connectivity index (χ3v) is 6.56. The van der Waals surface area contributed by atoms with E-state index in [1.54, 1.807) is 35.0 Å². The first-order chi connectivity index (χ1) is 18.7. The molecular weight excluding hydrogens is 494 g/mol. The number of ether oxygens (including phenoxy) is 1. The third kappa shape index (κ3) is 6.73. The summed E-state index contributed by atoms with van der Waals surface area (Å²) in [4.78, 5) is 36.9. The lowest BCUT2D eigenvalue weighted by atomic mass is 9.97. The van der Waals surface area contributed by atoms with Crippen molar-refractivity contribution in [3.05, 3.63) is 112 Å². The quantitative estimate of drug-likeness (QED) is 0.245.